The second-order valence-electron chi connectivity index (χ2n) is 5.88. The van der Waals surface area contributed by atoms with Crippen LogP contribution in [0.4, 0.5) is 5.69 Å². The summed E-state index contributed by atoms with van der Waals surface area (Å²) in [4.78, 5) is 28.7. The number of ether oxygens (including phenoxy) is 1. The van der Waals surface area contributed by atoms with E-state index >= 15 is 0 Å². The molecule has 26 heavy (non-hydrogen) atoms. The molecule has 0 spiro atoms. The van der Waals surface area contributed by atoms with Gasteiger partial charge in [0.2, 0.25) is 0 Å². The second kappa shape index (κ2) is 10.9. The van der Waals surface area contributed by atoms with Crippen molar-refractivity contribution in [2.75, 3.05) is 26.7 Å². The molecule has 1 heterocycles. The number of guanidine groups is 1. The van der Waals surface area contributed by atoms with Crippen LogP contribution in [0.3, 0.4) is 0 Å². The molecule has 1 fully saturated rings. The van der Waals surface area contributed by atoms with Gasteiger partial charge in [-0.15, -0.1) is 24.0 Å². The molecule has 1 aromatic rings. The lowest BCUT2D eigenvalue weighted by Gasteiger charge is -2.33. The SMILES string of the molecule is CCNC(=NCc1ccc([N+](=O)[O-])cc1)N1CCC(C(=O)OC)CC1.I. The van der Waals surface area contributed by atoms with Crippen LogP contribution in [0.1, 0.15) is 25.3 Å². The molecule has 0 radical (unpaired) electrons. The topological polar surface area (TPSA) is 97.1 Å². The summed E-state index contributed by atoms with van der Waals surface area (Å²) in [6, 6.07) is 6.41. The molecule has 9 heteroatoms. The minimum atomic E-state index is -0.414. The number of non-ortho nitro benzene ring substituents is 1. The molecule has 0 aromatic heterocycles. The Kier molecular flexibility index (Phi) is 9.31. The number of hydrogen-bond donors (Lipinski definition) is 1. The van der Waals surface area contributed by atoms with Crippen LogP contribution in [0.5, 0.6) is 0 Å². The van der Waals surface area contributed by atoms with E-state index in [0.717, 1.165) is 44.0 Å². The van der Waals surface area contributed by atoms with Gasteiger partial charge in [0.15, 0.2) is 5.96 Å². The third-order valence-electron chi connectivity index (χ3n) is 4.22. The summed E-state index contributed by atoms with van der Waals surface area (Å²) in [6.07, 6.45) is 1.49. The van der Waals surface area contributed by atoms with E-state index in [4.69, 9.17) is 4.74 Å². The van der Waals surface area contributed by atoms with Gasteiger partial charge in [0.25, 0.3) is 5.69 Å². The van der Waals surface area contributed by atoms with Crippen molar-refractivity contribution in [2.24, 2.45) is 10.9 Å². The Morgan fingerprint density at radius 3 is 2.46 bits per heavy atom. The van der Waals surface area contributed by atoms with Crippen molar-refractivity contribution in [2.45, 2.75) is 26.3 Å². The number of likely N-dealkylation sites (tertiary alicyclic amines) is 1. The zero-order valence-corrected chi connectivity index (χ0v) is 17.3. The van der Waals surface area contributed by atoms with Gasteiger partial charge in [-0.05, 0) is 25.3 Å². The van der Waals surface area contributed by atoms with Crippen LogP contribution in [0.15, 0.2) is 29.3 Å². The highest BCUT2D eigenvalue weighted by atomic mass is 127. The van der Waals surface area contributed by atoms with Crippen molar-refractivity contribution >= 4 is 41.6 Å². The van der Waals surface area contributed by atoms with Crippen LogP contribution in [0.2, 0.25) is 0 Å². The number of nitro groups is 1. The highest BCUT2D eigenvalue weighted by molar-refractivity contribution is 14.0. The lowest BCUT2D eigenvalue weighted by molar-refractivity contribution is -0.384. The number of esters is 1. The fourth-order valence-corrected chi connectivity index (χ4v) is 2.81. The molecule has 0 aliphatic carbocycles. The molecule has 0 amide bonds. The molecule has 2 rings (SSSR count). The number of nitrogens with one attached hydrogen (secondary N) is 1. The molecular weight excluding hydrogens is 451 g/mol. The van der Waals surface area contributed by atoms with E-state index in [1.807, 2.05) is 6.92 Å². The first-order chi connectivity index (χ1) is 12.0. The zero-order valence-electron chi connectivity index (χ0n) is 15.0. The van der Waals surface area contributed by atoms with Gasteiger partial charge in [-0.3, -0.25) is 14.9 Å². The highest BCUT2D eigenvalue weighted by Gasteiger charge is 2.26. The summed E-state index contributed by atoms with van der Waals surface area (Å²) >= 11 is 0. The fourth-order valence-electron chi connectivity index (χ4n) is 2.81. The number of nitrogens with zero attached hydrogens (tertiary/aromatic N) is 3. The number of benzene rings is 1. The monoisotopic (exact) mass is 476 g/mol. The minimum absolute atomic E-state index is 0. The molecule has 1 aliphatic heterocycles. The summed E-state index contributed by atoms with van der Waals surface area (Å²) < 4.78 is 4.81. The van der Waals surface area contributed by atoms with Crippen LogP contribution >= 0.6 is 24.0 Å². The number of aliphatic imine (C=N–C) groups is 1. The number of rotatable bonds is 5. The van der Waals surface area contributed by atoms with Gasteiger partial charge < -0.3 is 15.0 Å². The lowest BCUT2D eigenvalue weighted by Crippen LogP contribution is -2.46. The summed E-state index contributed by atoms with van der Waals surface area (Å²) in [7, 11) is 1.42. The van der Waals surface area contributed by atoms with Crippen LogP contribution in [-0.2, 0) is 16.1 Å². The first-order valence-corrected chi connectivity index (χ1v) is 8.39. The summed E-state index contributed by atoms with van der Waals surface area (Å²) in [5.74, 6) is 0.607. The van der Waals surface area contributed by atoms with Crippen LogP contribution in [0, 0.1) is 16.0 Å². The Hall–Kier alpha value is -1.91. The van der Waals surface area contributed by atoms with Gasteiger partial charge in [0.05, 0.1) is 24.5 Å². The molecule has 1 aromatic carbocycles. The largest absolute Gasteiger partial charge is 0.469 e. The third kappa shape index (κ3) is 6.11. The van der Waals surface area contributed by atoms with E-state index in [-0.39, 0.29) is 41.6 Å². The number of methoxy groups -OCH3 is 1. The summed E-state index contributed by atoms with van der Waals surface area (Å²) in [6.45, 7) is 4.67. The molecule has 1 saturated heterocycles. The number of carbonyl (C=O) groups is 1. The van der Waals surface area contributed by atoms with Crippen molar-refractivity contribution in [3.05, 3.63) is 39.9 Å². The maximum Gasteiger partial charge on any atom is 0.308 e. The molecule has 8 nitrogen and oxygen atoms in total. The average molecular weight is 476 g/mol. The molecular formula is C17H25IN4O4. The van der Waals surface area contributed by atoms with E-state index in [1.54, 1.807) is 12.1 Å². The Morgan fingerprint density at radius 1 is 1.35 bits per heavy atom. The first kappa shape index (κ1) is 22.1. The minimum Gasteiger partial charge on any atom is -0.469 e. The van der Waals surface area contributed by atoms with Crippen molar-refractivity contribution in [3.63, 3.8) is 0 Å². The van der Waals surface area contributed by atoms with E-state index in [2.05, 4.69) is 15.2 Å². The van der Waals surface area contributed by atoms with Gasteiger partial charge >= 0.3 is 5.97 Å². The fraction of sp³-hybridized carbons (Fsp3) is 0.529. The van der Waals surface area contributed by atoms with E-state index in [9.17, 15) is 14.9 Å². The number of piperidine rings is 1. The summed E-state index contributed by atoms with van der Waals surface area (Å²) in [5.41, 5.74) is 0.981. The van der Waals surface area contributed by atoms with Crippen molar-refractivity contribution in [3.8, 4) is 0 Å². The summed E-state index contributed by atoms with van der Waals surface area (Å²) in [5, 5.41) is 14.0. The Morgan fingerprint density at radius 2 is 1.96 bits per heavy atom. The number of halogens is 1. The van der Waals surface area contributed by atoms with Gasteiger partial charge in [-0.1, -0.05) is 12.1 Å². The van der Waals surface area contributed by atoms with Crippen molar-refractivity contribution < 1.29 is 14.5 Å². The predicted molar refractivity (Wildman–Crippen MR) is 110 cm³/mol. The molecule has 0 bridgehead atoms. The maximum absolute atomic E-state index is 11.6. The second-order valence-corrected chi connectivity index (χ2v) is 5.88. The molecule has 1 aliphatic rings. The van der Waals surface area contributed by atoms with Gasteiger partial charge in [-0.2, -0.15) is 0 Å². The number of hydrogen-bond acceptors (Lipinski definition) is 5. The first-order valence-electron chi connectivity index (χ1n) is 8.39. The van der Waals surface area contributed by atoms with E-state index in [0.29, 0.717) is 6.54 Å². The standard InChI is InChI=1S/C17H24N4O4.HI/c1-3-18-17(20-10-8-14(9-11-20)16(22)25-2)19-12-13-4-6-15(7-5-13)21(23)24;/h4-7,14H,3,8-12H2,1-2H3,(H,18,19);1H. The lowest BCUT2D eigenvalue weighted by atomic mass is 9.97. The molecule has 0 unspecified atom stereocenters. The number of carbonyl (C=O) groups excluding carboxylic acids is 1. The van der Waals surface area contributed by atoms with Crippen LogP contribution in [0.25, 0.3) is 0 Å². The zero-order chi connectivity index (χ0) is 18.2. The quantitative estimate of drug-likeness (QED) is 0.175. The van der Waals surface area contributed by atoms with E-state index < -0.39 is 4.92 Å². The third-order valence-corrected chi connectivity index (χ3v) is 4.22. The van der Waals surface area contributed by atoms with Gasteiger partial charge in [0, 0.05) is 31.8 Å². The van der Waals surface area contributed by atoms with Gasteiger partial charge in [-0.25, -0.2) is 4.99 Å². The van der Waals surface area contributed by atoms with Gasteiger partial charge in [0.1, 0.15) is 0 Å². The van der Waals surface area contributed by atoms with Crippen molar-refractivity contribution in [1.29, 1.82) is 0 Å². The van der Waals surface area contributed by atoms with Crippen LogP contribution in [-0.4, -0.2) is 48.5 Å². The predicted octanol–water partition coefficient (Wildman–Crippen LogP) is 2.56. The molecule has 0 saturated carbocycles. The van der Waals surface area contributed by atoms with Crippen molar-refractivity contribution in [1.82, 2.24) is 10.2 Å². The Bertz CT molecular complexity index is 628. The normalized spacial score (nSPS) is 15.2. The number of nitro benzene ring substituents is 1. The maximum atomic E-state index is 11.6. The Balaban J connectivity index is 0.00000338. The molecule has 1 N–H and O–H groups in total. The van der Waals surface area contributed by atoms with Crippen LogP contribution < -0.4 is 5.32 Å². The molecule has 0 atom stereocenters. The highest BCUT2D eigenvalue weighted by Crippen LogP contribution is 2.19. The van der Waals surface area contributed by atoms with E-state index in [1.165, 1.54) is 19.2 Å². The average Bonchev–Trinajstić information content (AvgIpc) is 2.65. The Labute approximate surface area is 170 Å². The smallest absolute Gasteiger partial charge is 0.308 e. The molecule has 144 valence electrons.